The molecule has 1 amide bonds. The van der Waals surface area contributed by atoms with E-state index in [0.717, 1.165) is 6.92 Å². The van der Waals surface area contributed by atoms with Crippen LogP contribution in [-0.4, -0.2) is 168 Å². The first-order valence-corrected chi connectivity index (χ1v) is 11.6. The number of amides is 1. The zero-order valence-corrected chi connectivity index (χ0v) is 19.9. The third kappa shape index (κ3) is 6.40. The van der Waals surface area contributed by atoms with Crippen LogP contribution in [0.2, 0.25) is 0 Å². The van der Waals surface area contributed by atoms with Gasteiger partial charge in [0.1, 0.15) is 67.1 Å². The van der Waals surface area contributed by atoms with E-state index in [9.17, 15) is 60.7 Å². The van der Waals surface area contributed by atoms with E-state index in [1.807, 2.05) is 0 Å². The zero-order valence-electron chi connectivity index (χ0n) is 19.9. The first kappa shape index (κ1) is 30.9. The first-order valence-electron chi connectivity index (χ1n) is 11.6. The van der Waals surface area contributed by atoms with Gasteiger partial charge in [-0.15, -0.1) is 0 Å². The summed E-state index contributed by atoms with van der Waals surface area (Å²) in [5, 5.41) is 102. The van der Waals surface area contributed by atoms with Gasteiger partial charge in [0.2, 0.25) is 5.91 Å². The lowest BCUT2D eigenvalue weighted by atomic mass is 9.95. The third-order valence-electron chi connectivity index (χ3n) is 6.44. The summed E-state index contributed by atoms with van der Waals surface area (Å²) in [5.41, 5.74) is 0. The van der Waals surface area contributed by atoms with Crippen molar-refractivity contribution in [2.24, 2.45) is 0 Å². The van der Waals surface area contributed by atoms with Crippen molar-refractivity contribution < 1.29 is 84.3 Å². The average molecular weight is 559 g/mol. The molecule has 3 rings (SSSR count). The molecule has 11 N–H and O–H groups in total. The van der Waals surface area contributed by atoms with Gasteiger partial charge in [-0.2, -0.15) is 0 Å². The van der Waals surface area contributed by atoms with Crippen LogP contribution in [0.15, 0.2) is 0 Å². The van der Waals surface area contributed by atoms with Crippen molar-refractivity contribution in [2.75, 3.05) is 13.2 Å². The van der Waals surface area contributed by atoms with Crippen LogP contribution < -0.4 is 5.32 Å². The number of nitrogens with one attached hydrogen (secondary N) is 1. The summed E-state index contributed by atoms with van der Waals surface area (Å²) in [6.07, 6.45) is -25.1. The van der Waals surface area contributed by atoms with E-state index in [2.05, 4.69) is 5.32 Å². The molecular formula is C20H33NO17. The summed E-state index contributed by atoms with van der Waals surface area (Å²) in [6, 6.07) is -1.54. The Morgan fingerprint density at radius 3 is 1.95 bits per heavy atom. The summed E-state index contributed by atoms with van der Waals surface area (Å²) in [5.74, 6) is -2.43. The molecule has 0 bridgehead atoms. The molecule has 18 heteroatoms. The quantitative estimate of drug-likeness (QED) is 0.132. The second kappa shape index (κ2) is 12.7. The molecule has 0 unspecified atom stereocenters. The number of ether oxygens (including phenoxy) is 5. The van der Waals surface area contributed by atoms with Gasteiger partial charge in [-0.05, 0) is 0 Å². The molecule has 0 aromatic heterocycles. The number of carboxylic acids is 1. The second-order valence-electron chi connectivity index (χ2n) is 9.15. The molecule has 220 valence electrons. The highest BCUT2D eigenvalue weighted by molar-refractivity contribution is 5.75. The second-order valence-corrected chi connectivity index (χ2v) is 9.15. The molecule has 0 aromatic rings. The fourth-order valence-electron chi connectivity index (χ4n) is 4.33. The van der Waals surface area contributed by atoms with E-state index in [4.69, 9.17) is 23.7 Å². The summed E-state index contributed by atoms with van der Waals surface area (Å²) in [4.78, 5) is 23.8. The molecule has 0 aliphatic carbocycles. The summed E-state index contributed by atoms with van der Waals surface area (Å²) in [6.45, 7) is -0.431. The van der Waals surface area contributed by atoms with Gasteiger partial charge in [-0.1, -0.05) is 0 Å². The van der Waals surface area contributed by atoms with Crippen LogP contribution in [0.1, 0.15) is 6.92 Å². The van der Waals surface area contributed by atoms with Crippen LogP contribution in [0.5, 0.6) is 0 Å². The number of carboxylic acid groups (broad SMARTS) is 1. The highest BCUT2D eigenvalue weighted by atomic mass is 16.7. The third-order valence-corrected chi connectivity index (χ3v) is 6.44. The maximum atomic E-state index is 12.0. The molecule has 3 aliphatic rings. The molecule has 15 atom stereocenters. The Balaban J connectivity index is 1.79. The highest BCUT2D eigenvalue weighted by Gasteiger charge is 2.54. The number of rotatable bonds is 8. The van der Waals surface area contributed by atoms with Crippen LogP contribution in [0.3, 0.4) is 0 Å². The molecule has 38 heavy (non-hydrogen) atoms. The van der Waals surface area contributed by atoms with E-state index in [-0.39, 0.29) is 0 Å². The number of hydrogen-bond donors (Lipinski definition) is 11. The molecule has 3 aliphatic heterocycles. The largest absolute Gasteiger partial charge is 0.479 e. The normalized spacial score (nSPS) is 47.9. The Hall–Kier alpha value is -1.62. The van der Waals surface area contributed by atoms with Crippen molar-refractivity contribution in [1.82, 2.24) is 5.32 Å². The minimum absolute atomic E-state index is 0.681. The number of carbonyl (C=O) groups excluding carboxylic acids is 1. The molecule has 18 nitrogen and oxygen atoms in total. The predicted octanol–water partition coefficient (Wildman–Crippen LogP) is -7.34. The van der Waals surface area contributed by atoms with Gasteiger partial charge >= 0.3 is 5.97 Å². The number of aliphatic hydroxyl groups is 9. The molecule has 3 heterocycles. The number of aliphatic hydroxyl groups excluding tert-OH is 9. The summed E-state index contributed by atoms with van der Waals surface area (Å²) < 4.78 is 26.4. The van der Waals surface area contributed by atoms with Gasteiger partial charge < -0.3 is 80.1 Å². The number of aliphatic carboxylic acids is 1. The van der Waals surface area contributed by atoms with Gasteiger partial charge in [0.25, 0.3) is 0 Å². The van der Waals surface area contributed by atoms with E-state index < -0.39 is 117 Å². The lowest BCUT2D eigenvalue weighted by Gasteiger charge is -2.46. The molecule has 3 saturated heterocycles. The molecule has 3 fully saturated rings. The highest BCUT2D eigenvalue weighted by Crippen LogP contribution is 2.30. The number of carbonyl (C=O) groups is 2. The van der Waals surface area contributed by atoms with Crippen molar-refractivity contribution in [1.29, 1.82) is 0 Å². The molecule has 0 saturated carbocycles. The van der Waals surface area contributed by atoms with Crippen molar-refractivity contribution >= 4 is 11.9 Å². The maximum Gasteiger partial charge on any atom is 0.335 e. The van der Waals surface area contributed by atoms with Crippen LogP contribution in [-0.2, 0) is 33.3 Å². The van der Waals surface area contributed by atoms with Crippen molar-refractivity contribution in [2.45, 2.75) is 99.0 Å². The van der Waals surface area contributed by atoms with Crippen molar-refractivity contribution in [3.8, 4) is 0 Å². The van der Waals surface area contributed by atoms with Crippen molar-refractivity contribution in [3.05, 3.63) is 0 Å². The summed E-state index contributed by atoms with van der Waals surface area (Å²) >= 11 is 0. The molecular weight excluding hydrogens is 526 g/mol. The van der Waals surface area contributed by atoms with E-state index in [0.29, 0.717) is 0 Å². The monoisotopic (exact) mass is 559 g/mol. The van der Waals surface area contributed by atoms with Crippen molar-refractivity contribution in [3.63, 3.8) is 0 Å². The topological polar surface area (TPSA) is 295 Å². The molecule has 0 aromatic carbocycles. The average Bonchev–Trinajstić information content (AvgIpc) is 2.86. The van der Waals surface area contributed by atoms with Crippen LogP contribution in [0, 0.1) is 0 Å². The van der Waals surface area contributed by atoms with Crippen LogP contribution >= 0.6 is 0 Å². The van der Waals surface area contributed by atoms with Gasteiger partial charge in [-0.25, -0.2) is 4.79 Å². The van der Waals surface area contributed by atoms with Gasteiger partial charge in [0.05, 0.1) is 13.2 Å². The minimum atomic E-state index is -2.04. The van der Waals surface area contributed by atoms with E-state index >= 15 is 0 Å². The SMILES string of the molecule is CC(=O)N[C@@H]1[C@H](OC[C@H]2O[C@H](O)[C@H](O)[C@@H](O)[C@@H]2O)O[C@H](C(=O)O)[C@@H](O[C@H]2O[C@H](CO)[C@@H](O)[C@H](O)[C@H]2O)[C@@H]1O. The Labute approximate surface area is 214 Å². The number of hydrogen-bond acceptors (Lipinski definition) is 16. The lowest BCUT2D eigenvalue weighted by molar-refractivity contribution is -0.347. The van der Waals surface area contributed by atoms with Gasteiger partial charge in [0.15, 0.2) is 25.0 Å². The maximum absolute atomic E-state index is 12.0. The van der Waals surface area contributed by atoms with Gasteiger partial charge in [-0.3, -0.25) is 4.79 Å². The van der Waals surface area contributed by atoms with E-state index in [1.165, 1.54) is 0 Å². The molecule has 0 radical (unpaired) electrons. The fraction of sp³-hybridized carbons (Fsp3) is 0.900. The Morgan fingerprint density at radius 1 is 0.763 bits per heavy atom. The van der Waals surface area contributed by atoms with Gasteiger partial charge in [0, 0.05) is 6.92 Å². The summed E-state index contributed by atoms with van der Waals surface area (Å²) in [7, 11) is 0. The standard InChI is InChI=1S/C20H33NO17/c1-4(23)21-7-10(26)15(37-20-14(30)12(28)8(24)5(2-22)36-20)16(17(31)32)38-19(7)34-3-6-9(25)11(27)13(29)18(33)35-6/h5-16,18-20,22,24-30,33H,2-3H2,1H3,(H,21,23)(H,31,32)/t5-,6-,7+,8-,9-,10-,11+,12+,13-,14-,15+,16+,18+,19-,20-/m1/s1. The smallest absolute Gasteiger partial charge is 0.335 e. The first-order chi connectivity index (χ1) is 17.8. The van der Waals surface area contributed by atoms with Crippen LogP contribution in [0.4, 0.5) is 0 Å². The minimum Gasteiger partial charge on any atom is -0.479 e. The van der Waals surface area contributed by atoms with Crippen LogP contribution in [0.25, 0.3) is 0 Å². The predicted molar refractivity (Wildman–Crippen MR) is 113 cm³/mol. The Bertz CT molecular complexity index is 816. The zero-order chi connectivity index (χ0) is 28.5. The Morgan fingerprint density at radius 2 is 1.37 bits per heavy atom. The fourth-order valence-corrected chi connectivity index (χ4v) is 4.33. The Kier molecular flexibility index (Phi) is 10.3. The molecule has 0 spiro atoms. The van der Waals surface area contributed by atoms with E-state index in [1.54, 1.807) is 0 Å². The lowest BCUT2D eigenvalue weighted by Crippen LogP contribution is -2.68.